The Bertz CT molecular complexity index is 1080. The molecule has 0 radical (unpaired) electrons. The van der Waals surface area contributed by atoms with Gasteiger partial charge in [0, 0.05) is 28.8 Å². The SMILES string of the molecule is C[C@H](NC(=O)OCc1ccccc1)C(=O)Nc1ccc2[nH]cc(C[C@H]3CCCN3C)c2c1. The van der Waals surface area contributed by atoms with Crippen molar-refractivity contribution in [2.75, 3.05) is 18.9 Å². The van der Waals surface area contributed by atoms with E-state index in [0.717, 1.165) is 29.4 Å². The second kappa shape index (κ2) is 9.87. The maximum Gasteiger partial charge on any atom is 0.408 e. The van der Waals surface area contributed by atoms with Crippen LogP contribution in [0.2, 0.25) is 0 Å². The molecular weight excluding hydrogens is 404 g/mol. The third kappa shape index (κ3) is 5.29. The van der Waals surface area contributed by atoms with Crippen molar-refractivity contribution < 1.29 is 14.3 Å². The van der Waals surface area contributed by atoms with Gasteiger partial charge in [0.05, 0.1) is 0 Å². The monoisotopic (exact) mass is 434 g/mol. The lowest BCUT2D eigenvalue weighted by atomic mass is 10.0. The number of ether oxygens (including phenoxy) is 1. The Kier molecular flexibility index (Phi) is 6.75. The van der Waals surface area contributed by atoms with Crippen LogP contribution in [0.3, 0.4) is 0 Å². The normalized spacial score (nSPS) is 17.2. The molecule has 0 saturated carbocycles. The Balaban J connectivity index is 1.34. The minimum absolute atomic E-state index is 0.157. The van der Waals surface area contributed by atoms with Crippen molar-refractivity contribution in [2.24, 2.45) is 0 Å². The first-order valence-corrected chi connectivity index (χ1v) is 11.1. The summed E-state index contributed by atoms with van der Waals surface area (Å²) in [4.78, 5) is 30.4. The fourth-order valence-electron chi connectivity index (χ4n) is 4.17. The third-order valence-electron chi connectivity index (χ3n) is 6.10. The number of hydrogen-bond donors (Lipinski definition) is 3. The van der Waals surface area contributed by atoms with E-state index in [-0.39, 0.29) is 12.5 Å². The van der Waals surface area contributed by atoms with Gasteiger partial charge in [0.15, 0.2) is 0 Å². The smallest absolute Gasteiger partial charge is 0.408 e. The first-order valence-electron chi connectivity index (χ1n) is 11.1. The molecule has 0 unspecified atom stereocenters. The second-order valence-electron chi connectivity index (χ2n) is 8.47. The number of rotatable bonds is 7. The third-order valence-corrected chi connectivity index (χ3v) is 6.10. The molecule has 0 spiro atoms. The van der Waals surface area contributed by atoms with E-state index in [4.69, 9.17) is 4.74 Å². The average molecular weight is 435 g/mol. The van der Waals surface area contributed by atoms with Crippen molar-refractivity contribution in [1.82, 2.24) is 15.2 Å². The number of likely N-dealkylation sites (N-methyl/N-ethyl adjacent to an activating group) is 1. The van der Waals surface area contributed by atoms with Gasteiger partial charge in [-0.2, -0.15) is 0 Å². The lowest BCUT2D eigenvalue weighted by Gasteiger charge is -2.19. The molecule has 1 aliphatic rings. The van der Waals surface area contributed by atoms with E-state index in [1.165, 1.54) is 18.4 Å². The molecule has 1 aromatic heterocycles. The van der Waals surface area contributed by atoms with Crippen molar-refractivity contribution in [2.45, 2.75) is 44.9 Å². The van der Waals surface area contributed by atoms with Crippen molar-refractivity contribution in [1.29, 1.82) is 0 Å². The van der Waals surface area contributed by atoms with Gasteiger partial charge in [-0.3, -0.25) is 4.79 Å². The summed E-state index contributed by atoms with van der Waals surface area (Å²) in [6.07, 6.45) is 4.88. The van der Waals surface area contributed by atoms with Gasteiger partial charge >= 0.3 is 6.09 Å². The zero-order valence-corrected chi connectivity index (χ0v) is 18.6. The van der Waals surface area contributed by atoms with Gasteiger partial charge in [-0.1, -0.05) is 30.3 Å². The van der Waals surface area contributed by atoms with Crippen LogP contribution in [0, 0.1) is 0 Å². The highest BCUT2D eigenvalue weighted by Crippen LogP contribution is 2.27. The molecule has 0 bridgehead atoms. The molecule has 32 heavy (non-hydrogen) atoms. The van der Waals surface area contributed by atoms with Gasteiger partial charge in [0.2, 0.25) is 5.91 Å². The van der Waals surface area contributed by atoms with Crippen LogP contribution in [0.4, 0.5) is 10.5 Å². The number of carbonyl (C=O) groups is 2. The highest BCUT2D eigenvalue weighted by Gasteiger charge is 2.22. The van der Waals surface area contributed by atoms with Crippen molar-refractivity contribution in [3.8, 4) is 0 Å². The summed E-state index contributed by atoms with van der Waals surface area (Å²) < 4.78 is 5.20. The number of anilines is 1. The first-order chi connectivity index (χ1) is 15.5. The molecule has 2 aromatic carbocycles. The fourth-order valence-corrected chi connectivity index (χ4v) is 4.17. The summed E-state index contributed by atoms with van der Waals surface area (Å²) >= 11 is 0. The van der Waals surface area contributed by atoms with Crippen LogP contribution < -0.4 is 10.6 Å². The van der Waals surface area contributed by atoms with E-state index >= 15 is 0 Å². The number of alkyl carbamates (subject to hydrolysis) is 1. The number of benzene rings is 2. The number of nitrogens with one attached hydrogen (secondary N) is 3. The predicted octanol–water partition coefficient (Wildman–Crippen LogP) is 4.06. The molecule has 2 amide bonds. The van der Waals surface area contributed by atoms with Crippen molar-refractivity contribution in [3.63, 3.8) is 0 Å². The van der Waals surface area contributed by atoms with Crippen LogP contribution in [0.5, 0.6) is 0 Å². The van der Waals surface area contributed by atoms with Crippen molar-refractivity contribution >= 4 is 28.6 Å². The number of hydrogen-bond acceptors (Lipinski definition) is 4. The second-order valence-corrected chi connectivity index (χ2v) is 8.47. The minimum atomic E-state index is -0.730. The molecule has 4 rings (SSSR count). The van der Waals surface area contributed by atoms with E-state index in [1.807, 2.05) is 48.5 Å². The Morgan fingerprint density at radius 3 is 2.78 bits per heavy atom. The number of nitrogens with zero attached hydrogens (tertiary/aromatic N) is 1. The van der Waals surface area contributed by atoms with Crippen LogP contribution in [-0.2, 0) is 22.6 Å². The Morgan fingerprint density at radius 2 is 2.03 bits per heavy atom. The van der Waals surface area contributed by atoms with Gasteiger partial charge in [-0.25, -0.2) is 4.79 Å². The molecule has 3 aromatic rings. The van der Waals surface area contributed by atoms with Crippen LogP contribution in [0.1, 0.15) is 30.9 Å². The molecular formula is C25H30N4O3. The summed E-state index contributed by atoms with van der Waals surface area (Å²) in [5.74, 6) is -0.298. The molecule has 1 aliphatic heterocycles. The van der Waals surface area contributed by atoms with E-state index in [1.54, 1.807) is 6.92 Å². The predicted molar refractivity (Wildman–Crippen MR) is 126 cm³/mol. The summed E-state index contributed by atoms with van der Waals surface area (Å²) in [7, 11) is 2.18. The number of amides is 2. The zero-order valence-electron chi connectivity index (χ0n) is 18.6. The molecule has 7 heteroatoms. The van der Waals surface area contributed by atoms with E-state index in [9.17, 15) is 9.59 Å². The lowest BCUT2D eigenvalue weighted by molar-refractivity contribution is -0.117. The first kappa shape index (κ1) is 21.9. The fraction of sp³-hybridized carbons (Fsp3) is 0.360. The number of aromatic nitrogens is 1. The largest absolute Gasteiger partial charge is 0.445 e. The van der Waals surface area contributed by atoms with Gasteiger partial charge in [0.25, 0.3) is 0 Å². The molecule has 2 atom stereocenters. The molecule has 1 saturated heterocycles. The number of H-pyrrole nitrogens is 1. The minimum Gasteiger partial charge on any atom is -0.445 e. The topological polar surface area (TPSA) is 86.5 Å². The standard InChI is InChI=1S/C25H30N4O3/c1-17(27-25(31)32-16-18-7-4-3-5-8-18)24(30)28-20-10-11-23-22(14-20)19(15-26-23)13-21-9-6-12-29(21)2/h3-5,7-8,10-11,14-15,17,21,26H,6,9,12-13,16H2,1-2H3,(H,27,31)(H,28,30)/t17-,21+/m0/s1. The van der Waals surface area contributed by atoms with E-state index in [2.05, 4.69) is 33.8 Å². The highest BCUT2D eigenvalue weighted by molar-refractivity contribution is 5.98. The number of aromatic amines is 1. The van der Waals surface area contributed by atoms with Crippen molar-refractivity contribution in [3.05, 3.63) is 65.9 Å². The van der Waals surface area contributed by atoms with Crippen LogP contribution in [-0.4, -0.2) is 47.6 Å². The van der Waals surface area contributed by atoms with Gasteiger partial charge < -0.3 is 25.3 Å². The molecule has 168 valence electrons. The summed E-state index contributed by atoms with van der Waals surface area (Å²) in [6.45, 7) is 2.94. The van der Waals surface area contributed by atoms with E-state index < -0.39 is 12.1 Å². The maximum absolute atomic E-state index is 12.6. The lowest BCUT2D eigenvalue weighted by Crippen LogP contribution is -2.41. The highest BCUT2D eigenvalue weighted by atomic mass is 16.5. The molecule has 1 fully saturated rings. The summed E-state index contributed by atoms with van der Waals surface area (Å²) in [5.41, 5.74) is 3.90. The molecule has 7 nitrogen and oxygen atoms in total. The van der Waals surface area contributed by atoms with Gasteiger partial charge in [0.1, 0.15) is 12.6 Å². The zero-order chi connectivity index (χ0) is 22.5. The Morgan fingerprint density at radius 1 is 1.22 bits per heavy atom. The van der Waals surface area contributed by atoms with Crippen LogP contribution >= 0.6 is 0 Å². The molecule has 2 heterocycles. The molecule has 3 N–H and O–H groups in total. The Hall–Kier alpha value is -3.32. The molecule has 0 aliphatic carbocycles. The van der Waals surface area contributed by atoms with Gasteiger partial charge in [-0.15, -0.1) is 0 Å². The number of carbonyl (C=O) groups excluding carboxylic acids is 2. The summed E-state index contributed by atoms with van der Waals surface area (Å²) in [5, 5.41) is 6.60. The quantitative estimate of drug-likeness (QED) is 0.523. The van der Waals surface area contributed by atoms with Gasteiger partial charge in [-0.05, 0) is 69.1 Å². The summed E-state index contributed by atoms with van der Waals surface area (Å²) in [6, 6.07) is 15.1. The maximum atomic E-state index is 12.6. The average Bonchev–Trinajstić information content (AvgIpc) is 3.39. The number of likely N-dealkylation sites (tertiary alicyclic amines) is 1. The Labute approximate surface area is 188 Å². The van der Waals surface area contributed by atoms with Crippen LogP contribution in [0.25, 0.3) is 10.9 Å². The van der Waals surface area contributed by atoms with Crippen LogP contribution in [0.15, 0.2) is 54.7 Å². The number of fused-ring (bicyclic) bond motifs is 1. The van der Waals surface area contributed by atoms with E-state index in [0.29, 0.717) is 11.7 Å².